The van der Waals surface area contributed by atoms with E-state index in [2.05, 4.69) is 19.9 Å². The van der Waals surface area contributed by atoms with E-state index in [1.165, 1.54) is 0 Å². The van der Waals surface area contributed by atoms with Crippen LogP contribution < -0.4 is 4.74 Å². The molecule has 94 valence electrons. The Hall–Kier alpha value is -1.66. The van der Waals surface area contributed by atoms with Crippen LogP contribution in [0.1, 0.15) is 19.4 Å². The molecule has 18 heavy (non-hydrogen) atoms. The molecule has 1 aromatic carbocycles. The third-order valence-corrected chi connectivity index (χ3v) is 3.26. The number of ether oxygens (including phenoxy) is 1. The number of hydrogen-bond donors (Lipinski definition) is 0. The average Bonchev–Trinajstić information content (AvgIpc) is 2.61. The highest BCUT2D eigenvalue weighted by molar-refractivity contribution is 6.32. The summed E-state index contributed by atoms with van der Waals surface area (Å²) in [5.74, 6) is 1.20. The predicted octanol–water partition coefficient (Wildman–Crippen LogP) is 3.83. The minimum atomic E-state index is 0.465. The highest BCUT2D eigenvalue weighted by atomic mass is 35.5. The van der Waals surface area contributed by atoms with E-state index in [0.29, 0.717) is 16.6 Å². The zero-order chi connectivity index (χ0) is 13.3. The Kier molecular flexibility index (Phi) is 3.49. The molecule has 3 nitrogen and oxygen atoms in total. The lowest BCUT2D eigenvalue weighted by Gasteiger charge is -2.09. The van der Waals surface area contributed by atoms with Crippen LogP contribution >= 0.6 is 11.6 Å². The van der Waals surface area contributed by atoms with Gasteiger partial charge in [0.1, 0.15) is 17.0 Å². The summed E-state index contributed by atoms with van der Waals surface area (Å²) in [6.07, 6.45) is 0. The van der Waals surface area contributed by atoms with Crippen LogP contribution in [0.5, 0.6) is 5.75 Å². The molecule has 0 aliphatic carbocycles. The monoisotopic (exact) mass is 262 g/mol. The summed E-state index contributed by atoms with van der Waals surface area (Å²) < 4.78 is 7.18. The first-order chi connectivity index (χ1) is 8.58. The van der Waals surface area contributed by atoms with E-state index < -0.39 is 0 Å². The number of methoxy groups -OCH3 is 1. The second-order valence-corrected chi connectivity index (χ2v) is 5.02. The van der Waals surface area contributed by atoms with Gasteiger partial charge < -0.3 is 9.30 Å². The van der Waals surface area contributed by atoms with Gasteiger partial charge in [-0.25, -0.2) is 0 Å². The number of fused-ring (bicyclic) bond motifs is 1. The maximum absolute atomic E-state index is 9.24. The third-order valence-electron chi connectivity index (χ3n) is 2.87. The lowest BCUT2D eigenvalue weighted by molar-refractivity contribution is 0.415. The molecule has 1 aromatic heterocycles. The fourth-order valence-corrected chi connectivity index (χ4v) is 2.38. The Morgan fingerprint density at radius 3 is 2.72 bits per heavy atom. The van der Waals surface area contributed by atoms with Crippen LogP contribution in [0.4, 0.5) is 0 Å². The quantitative estimate of drug-likeness (QED) is 0.843. The highest BCUT2D eigenvalue weighted by Crippen LogP contribution is 2.32. The minimum Gasteiger partial charge on any atom is -0.497 e. The SMILES string of the molecule is COc1ccc2c(c1)c(C#N)c(Cl)n2CC(C)C. The molecular weight excluding hydrogens is 248 g/mol. The van der Waals surface area contributed by atoms with E-state index in [0.717, 1.165) is 23.2 Å². The van der Waals surface area contributed by atoms with E-state index in [1.807, 2.05) is 22.8 Å². The third kappa shape index (κ3) is 2.04. The summed E-state index contributed by atoms with van der Waals surface area (Å²) >= 11 is 6.29. The molecule has 0 fully saturated rings. The second kappa shape index (κ2) is 4.91. The average molecular weight is 263 g/mol. The Bertz CT molecular complexity index is 623. The van der Waals surface area contributed by atoms with E-state index in [-0.39, 0.29) is 0 Å². The Labute approximate surface area is 112 Å². The van der Waals surface area contributed by atoms with Gasteiger partial charge in [0.25, 0.3) is 0 Å². The number of benzene rings is 1. The molecule has 0 aliphatic heterocycles. The van der Waals surface area contributed by atoms with Gasteiger partial charge in [-0.05, 0) is 24.1 Å². The van der Waals surface area contributed by atoms with E-state index >= 15 is 0 Å². The van der Waals surface area contributed by atoms with Crippen LogP contribution in [0.25, 0.3) is 10.9 Å². The highest BCUT2D eigenvalue weighted by Gasteiger charge is 2.16. The van der Waals surface area contributed by atoms with Crippen molar-refractivity contribution >= 4 is 22.5 Å². The number of aromatic nitrogens is 1. The van der Waals surface area contributed by atoms with Crippen LogP contribution in [0.2, 0.25) is 5.15 Å². The van der Waals surface area contributed by atoms with Crippen molar-refractivity contribution in [3.05, 3.63) is 28.9 Å². The largest absolute Gasteiger partial charge is 0.497 e. The maximum Gasteiger partial charge on any atom is 0.128 e. The molecule has 4 heteroatoms. The molecule has 2 aromatic rings. The fourth-order valence-electron chi connectivity index (χ4n) is 2.08. The smallest absolute Gasteiger partial charge is 0.128 e. The lowest BCUT2D eigenvalue weighted by atomic mass is 10.2. The molecule has 0 aliphatic rings. The standard InChI is InChI=1S/C14H15ClN2O/c1-9(2)8-17-13-5-4-10(18-3)6-11(13)12(7-16)14(17)15/h4-6,9H,8H2,1-3H3. The molecule has 0 saturated heterocycles. The number of hydrogen-bond acceptors (Lipinski definition) is 2. The van der Waals surface area contributed by atoms with Crippen molar-refractivity contribution in [3.63, 3.8) is 0 Å². The van der Waals surface area contributed by atoms with Gasteiger partial charge in [-0.3, -0.25) is 0 Å². The van der Waals surface area contributed by atoms with Crippen LogP contribution in [0, 0.1) is 17.2 Å². The first-order valence-corrected chi connectivity index (χ1v) is 6.22. The summed E-state index contributed by atoms with van der Waals surface area (Å²) in [4.78, 5) is 0. The van der Waals surface area contributed by atoms with Crippen molar-refractivity contribution in [1.29, 1.82) is 5.26 Å². The maximum atomic E-state index is 9.24. The molecular formula is C14H15ClN2O. The van der Waals surface area contributed by atoms with Crippen molar-refractivity contribution in [2.45, 2.75) is 20.4 Å². The predicted molar refractivity (Wildman–Crippen MR) is 73.1 cm³/mol. The minimum absolute atomic E-state index is 0.465. The zero-order valence-corrected chi connectivity index (χ0v) is 11.5. The summed E-state index contributed by atoms with van der Waals surface area (Å²) in [7, 11) is 1.61. The van der Waals surface area contributed by atoms with Gasteiger partial charge in [0, 0.05) is 11.9 Å². The van der Waals surface area contributed by atoms with Gasteiger partial charge in [0.05, 0.1) is 18.2 Å². The van der Waals surface area contributed by atoms with Crippen LogP contribution in [0.15, 0.2) is 18.2 Å². The molecule has 0 N–H and O–H groups in total. The number of rotatable bonds is 3. The van der Waals surface area contributed by atoms with Crippen molar-refractivity contribution in [3.8, 4) is 11.8 Å². The molecule has 0 unspecified atom stereocenters. The number of nitriles is 1. The molecule has 2 rings (SSSR count). The van der Waals surface area contributed by atoms with Crippen molar-refractivity contribution in [2.75, 3.05) is 7.11 Å². The Balaban J connectivity index is 2.72. The summed E-state index contributed by atoms with van der Waals surface area (Å²) in [5.41, 5.74) is 1.50. The van der Waals surface area contributed by atoms with Crippen LogP contribution in [-0.4, -0.2) is 11.7 Å². The van der Waals surface area contributed by atoms with Gasteiger partial charge >= 0.3 is 0 Å². The summed E-state index contributed by atoms with van der Waals surface area (Å²) in [5, 5.41) is 10.6. The summed E-state index contributed by atoms with van der Waals surface area (Å²) in [6, 6.07) is 7.87. The molecule has 0 radical (unpaired) electrons. The molecule has 0 atom stereocenters. The Morgan fingerprint density at radius 1 is 1.44 bits per heavy atom. The van der Waals surface area contributed by atoms with Gasteiger partial charge in [0.15, 0.2) is 0 Å². The van der Waals surface area contributed by atoms with Crippen molar-refractivity contribution < 1.29 is 4.74 Å². The van der Waals surface area contributed by atoms with E-state index in [4.69, 9.17) is 16.3 Å². The van der Waals surface area contributed by atoms with Gasteiger partial charge in [-0.2, -0.15) is 5.26 Å². The Morgan fingerprint density at radius 2 is 2.17 bits per heavy atom. The van der Waals surface area contributed by atoms with Crippen LogP contribution in [-0.2, 0) is 6.54 Å². The molecule has 0 spiro atoms. The van der Waals surface area contributed by atoms with E-state index in [9.17, 15) is 5.26 Å². The van der Waals surface area contributed by atoms with E-state index in [1.54, 1.807) is 7.11 Å². The van der Waals surface area contributed by atoms with Crippen LogP contribution in [0.3, 0.4) is 0 Å². The van der Waals surface area contributed by atoms with Crippen molar-refractivity contribution in [2.24, 2.45) is 5.92 Å². The first-order valence-electron chi connectivity index (χ1n) is 5.84. The van der Waals surface area contributed by atoms with Crippen molar-refractivity contribution in [1.82, 2.24) is 4.57 Å². The molecule has 0 bridgehead atoms. The van der Waals surface area contributed by atoms with Gasteiger partial charge in [0.2, 0.25) is 0 Å². The first kappa shape index (κ1) is 12.8. The summed E-state index contributed by atoms with van der Waals surface area (Å²) in [6.45, 7) is 5.04. The van der Waals surface area contributed by atoms with Gasteiger partial charge in [-0.1, -0.05) is 25.4 Å². The molecule has 1 heterocycles. The zero-order valence-electron chi connectivity index (χ0n) is 10.7. The molecule has 0 amide bonds. The normalized spacial score (nSPS) is 10.9. The topological polar surface area (TPSA) is 37.9 Å². The number of halogens is 1. The lowest BCUT2D eigenvalue weighted by Crippen LogP contribution is -2.04. The van der Waals surface area contributed by atoms with Gasteiger partial charge in [-0.15, -0.1) is 0 Å². The molecule has 0 saturated carbocycles. The number of nitrogens with zero attached hydrogens (tertiary/aromatic N) is 2. The fraction of sp³-hybridized carbons (Fsp3) is 0.357. The second-order valence-electron chi connectivity index (χ2n) is 4.67.